The summed E-state index contributed by atoms with van der Waals surface area (Å²) in [6.07, 6.45) is 3.34. The maximum absolute atomic E-state index is 4.74. The summed E-state index contributed by atoms with van der Waals surface area (Å²) in [5.41, 5.74) is 0. The number of rotatable bonds is 6. The van der Waals surface area contributed by atoms with E-state index in [4.69, 9.17) is 24.4 Å². The van der Waals surface area contributed by atoms with Crippen LogP contribution in [-0.2, 0) is 0 Å². The molecule has 0 aromatic carbocycles. The molecule has 2 nitrogen and oxygen atoms in total. The minimum absolute atomic E-state index is 0.565. The molecular weight excluding hydrogens is 240 g/mol. The summed E-state index contributed by atoms with van der Waals surface area (Å²) in [6.45, 7) is 1.79. The van der Waals surface area contributed by atoms with Crippen molar-refractivity contribution in [3.63, 3.8) is 0 Å². The van der Waals surface area contributed by atoms with Crippen molar-refractivity contribution < 1.29 is 0 Å². The first kappa shape index (κ1) is 13.5. The first-order chi connectivity index (χ1) is 6.13. The molecule has 0 heterocycles. The van der Waals surface area contributed by atoms with Gasteiger partial charge < -0.3 is 10.6 Å². The molecule has 0 saturated heterocycles. The molecule has 0 aliphatic carbocycles. The van der Waals surface area contributed by atoms with Gasteiger partial charge >= 0.3 is 0 Å². The van der Waals surface area contributed by atoms with Crippen molar-refractivity contribution in [1.29, 1.82) is 0 Å². The van der Waals surface area contributed by atoms with Crippen LogP contribution in [0, 0.1) is 0 Å². The highest BCUT2D eigenvalue weighted by atomic mass is 32.1. The molecule has 0 bridgehead atoms. The van der Waals surface area contributed by atoms with Gasteiger partial charge in [0.25, 0.3) is 0 Å². The molecule has 0 amide bonds. The number of hydrogen-bond donors (Lipinski definition) is 4. The Morgan fingerprint density at radius 3 is 1.54 bits per heavy atom. The average molecular weight is 254 g/mol. The quantitative estimate of drug-likeness (QED) is 0.330. The number of hydrogen-bond acceptors (Lipinski definition) is 2. The molecule has 0 atom stereocenters. The lowest BCUT2D eigenvalue weighted by Gasteiger charge is -2.04. The van der Waals surface area contributed by atoms with Crippen LogP contribution in [0.4, 0.5) is 0 Å². The highest BCUT2D eigenvalue weighted by Crippen LogP contribution is 1.93. The van der Waals surface area contributed by atoms with Crippen molar-refractivity contribution >= 4 is 58.3 Å². The van der Waals surface area contributed by atoms with E-state index in [9.17, 15) is 0 Å². The van der Waals surface area contributed by atoms with E-state index < -0.39 is 0 Å². The van der Waals surface area contributed by atoms with Gasteiger partial charge in [0.15, 0.2) is 0 Å². The van der Waals surface area contributed by atoms with Crippen LogP contribution in [0.25, 0.3) is 0 Å². The lowest BCUT2D eigenvalue weighted by Crippen LogP contribution is -2.19. The smallest absolute Gasteiger partial charge is 0.130 e. The van der Waals surface area contributed by atoms with Crippen LogP contribution in [0.15, 0.2) is 0 Å². The summed E-state index contributed by atoms with van der Waals surface area (Å²) in [7, 11) is 0. The largest absolute Gasteiger partial charge is 0.371 e. The van der Waals surface area contributed by atoms with E-state index in [0.29, 0.717) is 8.64 Å². The normalized spacial score (nSPS) is 9.38. The monoisotopic (exact) mass is 254 g/mol. The molecule has 76 valence electrons. The third kappa shape index (κ3) is 12.5. The lowest BCUT2D eigenvalue weighted by molar-refractivity contribution is 0.658. The molecule has 6 heteroatoms. The standard InChI is InChI=1S/C7H14N2S4/c10-6(11)8-4-2-1-3-5-9-7(12)13/h1-5H2,(H2,8,10,11)(H2,9,12,13). The average Bonchev–Trinajstić information content (AvgIpc) is 2.01. The molecule has 0 aliphatic heterocycles. The van der Waals surface area contributed by atoms with E-state index in [2.05, 4.69) is 35.9 Å². The Balaban J connectivity index is 3.00. The molecule has 0 radical (unpaired) electrons. The highest BCUT2D eigenvalue weighted by Gasteiger charge is 1.91. The third-order valence-corrected chi connectivity index (χ3v) is 2.01. The van der Waals surface area contributed by atoms with Crippen LogP contribution in [0.2, 0.25) is 0 Å². The fourth-order valence-corrected chi connectivity index (χ4v) is 1.25. The summed E-state index contributed by atoms with van der Waals surface area (Å²) in [6, 6.07) is 0. The minimum Gasteiger partial charge on any atom is -0.371 e. The zero-order chi connectivity index (χ0) is 10.1. The molecule has 0 aromatic rings. The predicted molar refractivity (Wildman–Crippen MR) is 73.0 cm³/mol. The zero-order valence-electron chi connectivity index (χ0n) is 7.25. The molecule has 13 heavy (non-hydrogen) atoms. The Morgan fingerprint density at radius 2 is 1.23 bits per heavy atom. The van der Waals surface area contributed by atoms with E-state index in [1.807, 2.05) is 0 Å². The van der Waals surface area contributed by atoms with Gasteiger partial charge in [-0.05, 0) is 19.3 Å². The van der Waals surface area contributed by atoms with Gasteiger partial charge in [0.2, 0.25) is 0 Å². The van der Waals surface area contributed by atoms with Crippen LogP contribution in [0.1, 0.15) is 19.3 Å². The third-order valence-electron chi connectivity index (χ3n) is 1.41. The number of thiocarbonyl (C=S) groups is 2. The number of nitrogens with one attached hydrogen (secondary N) is 2. The molecule has 0 aliphatic rings. The van der Waals surface area contributed by atoms with Crippen LogP contribution < -0.4 is 10.6 Å². The van der Waals surface area contributed by atoms with Crippen LogP contribution in [0.5, 0.6) is 0 Å². The topological polar surface area (TPSA) is 24.1 Å². The van der Waals surface area contributed by atoms with E-state index in [-0.39, 0.29) is 0 Å². The van der Waals surface area contributed by atoms with Gasteiger partial charge in [-0.15, -0.1) is 25.3 Å². The Kier molecular flexibility index (Phi) is 9.39. The summed E-state index contributed by atoms with van der Waals surface area (Å²) < 4.78 is 1.13. The fourth-order valence-electron chi connectivity index (χ4n) is 0.817. The maximum atomic E-state index is 4.74. The van der Waals surface area contributed by atoms with Crippen molar-refractivity contribution in [2.45, 2.75) is 19.3 Å². The van der Waals surface area contributed by atoms with Gasteiger partial charge in [0.1, 0.15) is 8.64 Å². The summed E-state index contributed by atoms with van der Waals surface area (Å²) in [5.74, 6) is 0. The number of unbranched alkanes of at least 4 members (excludes halogenated alkanes) is 2. The van der Waals surface area contributed by atoms with Gasteiger partial charge in [0.05, 0.1) is 0 Å². The molecule has 0 rings (SSSR count). The summed E-state index contributed by atoms with van der Waals surface area (Å²) >= 11 is 17.4. The van der Waals surface area contributed by atoms with Gasteiger partial charge in [-0.25, -0.2) is 0 Å². The van der Waals surface area contributed by atoms with Crippen molar-refractivity contribution in [2.75, 3.05) is 13.1 Å². The lowest BCUT2D eigenvalue weighted by atomic mass is 10.2. The zero-order valence-corrected chi connectivity index (χ0v) is 10.7. The van der Waals surface area contributed by atoms with Crippen LogP contribution in [-0.4, -0.2) is 21.7 Å². The highest BCUT2D eigenvalue weighted by molar-refractivity contribution is 8.11. The SMILES string of the molecule is S=C(S)NCCCCCNC(=S)S. The van der Waals surface area contributed by atoms with Crippen molar-refractivity contribution in [3.8, 4) is 0 Å². The van der Waals surface area contributed by atoms with Gasteiger partial charge in [0, 0.05) is 13.1 Å². The Labute approximate surface area is 101 Å². The minimum atomic E-state index is 0.565. The van der Waals surface area contributed by atoms with Crippen molar-refractivity contribution in [1.82, 2.24) is 10.6 Å². The summed E-state index contributed by atoms with van der Waals surface area (Å²) in [5, 5.41) is 5.96. The van der Waals surface area contributed by atoms with Crippen LogP contribution >= 0.6 is 49.7 Å². The fraction of sp³-hybridized carbons (Fsp3) is 0.714. The second-order valence-corrected chi connectivity index (χ2v) is 4.84. The van der Waals surface area contributed by atoms with Gasteiger partial charge in [-0.1, -0.05) is 24.4 Å². The molecule has 0 spiro atoms. The van der Waals surface area contributed by atoms with E-state index in [0.717, 1.165) is 32.4 Å². The number of thiol groups is 2. The first-order valence-corrected chi connectivity index (χ1v) is 5.77. The van der Waals surface area contributed by atoms with E-state index in [1.54, 1.807) is 0 Å². The Morgan fingerprint density at radius 1 is 0.846 bits per heavy atom. The molecular formula is C7H14N2S4. The Bertz CT molecular complexity index is 154. The molecule has 2 N–H and O–H groups in total. The second kappa shape index (κ2) is 9.05. The maximum Gasteiger partial charge on any atom is 0.130 e. The Hall–Kier alpha value is 0.480. The van der Waals surface area contributed by atoms with Gasteiger partial charge in [-0.2, -0.15) is 0 Å². The van der Waals surface area contributed by atoms with E-state index in [1.165, 1.54) is 0 Å². The first-order valence-electron chi connectivity index (χ1n) is 4.06. The van der Waals surface area contributed by atoms with Crippen molar-refractivity contribution in [3.05, 3.63) is 0 Å². The second-order valence-electron chi connectivity index (χ2n) is 2.52. The van der Waals surface area contributed by atoms with Crippen LogP contribution in [0.3, 0.4) is 0 Å². The van der Waals surface area contributed by atoms with E-state index >= 15 is 0 Å². The molecule has 0 unspecified atom stereocenters. The van der Waals surface area contributed by atoms with Crippen molar-refractivity contribution in [2.24, 2.45) is 0 Å². The summed E-state index contributed by atoms with van der Waals surface area (Å²) in [4.78, 5) is 0. The molecule has 0 saturated carbocycles. The molecule has 0 fully saturated rings. The molecule has 0 aromatic heterocycles. The van der Waals surface area contributed by atoms with Gasteiger partial charge in [-0.3, -0.25) is 0 Å². The predicted octanol–water partition coefficient (Wildman–Crippen LogP) is 1.77.